The molecule has 1 atom stereocenters. The minimum absolute atomic E-state index is 0.0951. The van der Waals surface area contributed by atoms with Crippen LogP contribution < -0.4 is 0 Å². The molecule has 0 saturated carbocycles. The van der Waals surface area contributed by atoms with E-state index in [1.54, 1.807) is 11.3 Å². The van der Waals surface area contributed by atoms with Crippen molar-refractivity contribution in [1.29, 1.82) is 0 Å². The summed E-state index contributed by atoms with van der Waals surface area (Å²) in [5.74, 6) is 0.456. The number of Topliss-reactive ketones (excluding diaryl/α,β-unsaturated/α-hetero) is 1. The molecule has 1 aromatic rings. The zero-order valence-corrected chi connectivity index (χ0v) is 9.10. The molecule has 0 bridgehead atoms. The second-order valence-corrected chi connectivity index (χ2v) is 4.87. The monoisotopic (exact) mass is 210 g/mol. The number of carbonyl (C=O) groups excluding carboxylic acids is 1. The van der Waals surface area contributed by atoms with E-state index in [0.717, 1.165) is 6.42 Å². The Hall–Kier alpha value is -0.670. The number of aryl methyl sites for hydroxylation is 1. The number of ether oxygens (including phenoxy) is 1. The normalized spacial score (nSPS) is 22.6. The molecule has 0 radical (unpaired) electrons. The topological polar surface area (TPSA) is 26.3 Å². The fourth-order valence-corrected chi connectivity index (χ4v) is 2.48. The molecule has 0 spiro atoms. The molecule has 14 heavy (non-hydrogen) atoms. The summed E-state index contributed by atoms with van der Waals surface area (Å²) < 4.78 is 5.31. The Morgan fingerprint density at radius 3 is 3.14 bits per heavy atom. The van der Waals surface area contributed by atoms with Crippen LogP contribution in [0.2, 0.25) is 0 Å². The van der Waals surface area contributed by atoms with Gasteiger partial charge in [0.2, 0.25) is 0 Å². The Bertz CT molecular complexity index is 330. The predicted molar refractivity (Wildman–Crippen MR) is 56.7 cm³/mol. The lowest BCUT2D eigenvalue weighted by Gasteiger charge is -2.20. The highest BCUT2D eigenvalue weighted by atomic mass is 32.1. The molecule has 0 aliphatic carbocycles. The van der Waals surface area contributed by atoms with Crippen molar-refractivity contribution >= 4 is 17.1 Å². The molecule has 0 N–H and O–H groups in total. The van der Waals surface area contributed by atoms with E-state index in [0.29, 0.717) is 25.4 Å². The fraction of sp³-hybridized carbons (Fsp3) is 0.545. The molecule has 3 heteroatoms. The van der Waals surface area contributed by atoms with Crippen LogP contribution in [0.25, 0.3) is 0 Å². The summed E-state index contributed by atoms with van der Waals surface area (Å²) in [4.78, 5) is 12.8. The van der Waals surface area contributed by atoms with Crippen molar-refractivity contribution in [2.75, 3.05) is 13.2 Å². The Morgan fingerprint density at radius 1 is 1.64 bits per heavy atom. The summed E-state index contributed by atoms with van der Waals surface area (Å²) >= 11 is 1.74. The molecule has 76 valence electrons. The first-order valence-electron chi connectivity index (χ1n) is 4.90. The number of hydrogen-bond acceptors (Lipinski definition) is 3. The molecule has 2 rings (SSSR count). The van der Waals surface area contributed by atoms with E-state index in [1.165, 1.54) is 10.4 Å². The fourth-order valence-electron chi connectivity index (χ4n) is 1.76. The highest BCUT2D eigenvalue weighted by molar-refractivity contribution is 7.10. The summed E-state index contributed by atoms with van der Waals surface area (Å²) in [6.45, 7) is 3.30. The minimum atomic E-state index is 0.0951. The first-order chi connectivity index (χ1) is 6.75. The van der Waals surface area contributed by atoms with Gasteiger partial charge in [-0.25, -0.2) is 0 Å². The van der Waals surface area contributed by atoms with E-state index in [-0.39, 0.29) is 5.92 Å². The third-order valence-corrected chi connectivity index (χ3v) is 3.44. The van der Waals surface area contributed by atoms with Gasteiger partial charge in [-0.3, -0.25) is 4.79 Å². The van der Waals surface area contributed by atoms with E-state index < -0.39 is 0 Å². The van der Waals surface area contributed by atoms with Crippen molar-refractivity contribution in [2.24, 2.45) is 5.92 Å². The van der Waals surface area contributed by atoms with Gasteiger partial charge in [0.25, 0.3) is 0 Å². The predicted octanol–water partition coefficient (Wildman–Crippen LogP) is 2.20. The van der Waals surface area contributed by atoms with Gasteiger partial charge in [0.15, 0.2) is 0 Å². The Kier molecular flexibility index (Phi) is 2.99. The van der Waals surface area contributed by atoms with E-state index in [1.807, 2.05) is 0 Å². The van der Waals surface area contributed by atoms with Crippen LogP contribution in [0.1, 0.15) is 16.9 Å². The van der Waals surface area contributed by atoms with Gasteiger partial charge in [0.1, 0.15) is 5.78 Å². The van der Waals surface area contributed by atoms with Crippen LogP contribution in [0.15, 0.2) is 11.4 Å². The number of rotatable bonds is 2. The largest absolute Gasteiger partial charge is 0.380 e. The summed E-state index contributed by atoms with van der Waals surface area (Å²) in [5, 5.41) is 2.14. The number of ketones is 1. The molecule has 0 amide bonds. The minimum Gasteiger partial charge on any atom is -0.380 e. The molecule has 1 fully saturated rings. The number of thiophene rings is 1. The van der Waals surface area contributed by atoms with Gasteiger partial charge in [-0.15, -0.1) is 11.3 Å². The molecule has 2 nitrogen and oxygen atoms in total. The maximum atomic E-state index is 11.5. The van der Waals surface area contributed by atoms with Gasteiger partial charge in [-0.05, 0) is 30.4 Å². The molecular formula is C11H14O2S. The molecule has 1 aliphatic heterocycles. The van der Waals surface area contributed by atoms with Crippen LogP contribution >= 0.6 is 11.3 Å². The lowest BCUT2D eigenvalue weighted by atomic mass is 9.94. The van der Waals surface area contributed by atoms with Crippen LogP contribution in [0.4, 0.5) is 0 Å². The van der Waals surface area contributed by atoms with Crippen LogP contribution in [-0.4, -0.2) is 19.0 Å². The van der Waals surface area contributed by atoms with Crippen LogP contribution in [0.3, 0.4) is 0 Å². The molecule has 1 saturated heterocycles. The third kappa shape index (κ3) is 2.22. The second kappa shape index (κ2) is 4.24. The average molecular weight is 210 g/mol. The molecule has 1 aliphatic rings. The zero-order chi connectivity index (χ0) is 9.97. The number of carbonyl (C=O) groups is 1. The average Bonchev–Trinajstić information content (AvgIpc) is 2.56. The molecule has 1 unspecified atom stereocenters. The third-order valence-electron chi connectivity index (χ3n) is 2.53. The highest BCUT2D eigenvalue weighted by Gasteiger charge is 2.23. The van der Waals surface area contributed by atoms with Crippen molar-refractivity contribution in [3.8, 4) is 0 Å². The van der Waals surface area contributed by atoms with E-state index >= 15 is 0 Å². The van der Waals surface area contributed by atoms with Crippen molar-refractivity contribution in [3.63, 3.8) is 0 Å². The van der Waals surface area contributed by atoms with Crippen molar-refractivity contribution in [2.45, 2.75) is 19.8 Å². The standard InChI is InChI=1S/C11H14O2S/c1-8-4-9(7-14-8)5-10-6-13-3-2-11(10)12/h4,7,10H,2-3,5-6H2,1H3. The Labute approximate surface area is 87.9 Å². The van der Waals surface area contributed by atoms with Crippen molar-refractivity contribution < 1.29 is 9.53 Å². The molecule has 1 aromatic heterocycles. The number of hydrogen-bond donors (Lipinski definition) is 0. The lowest BCUT2D eigenvalue weighted by molar-refractivity contribution is -0.130. The smallest absolute Gasteiger partial charge is 0.140 e. The zero-order valence-electron chi connectivity index (χ0n) is 8.29. The maximum absolute atomic E-state index is 11.5. The first-order valence-corrected chi connectivity index (χ1v) is 5.78. The summed E-state index contributed by atoms with van der Waals surface area (Å²) in [6.07, 6.45) is 1.44. The van der Waals surface area contributed by atoms with Gasteiger partial charge in [-0.1, -0.05) is 0 Å². The van der Waals surface area contributed by atoms with Gasteiger partial charge in [-0.2, -0.15) is 0 Å². The van der Waals surface area contributed by atoms with Crippen LogP contribution in [0, 0.1) is 12.8 Å². The molecule has 0 aromatic carbocycles. The van der Waals surface area contributed by atoms with Gasteiger partial charge in [0.05, 0.1) is 13.2 Å². The second-order valence-electron chi connectivity index (χ2n) is 3.76. The lowest BCUT2D eigenvalue weighted by Crippen LogP contribution is -2.28. The van der Waals surface area contributed by atoms with Gasteiger partial charge >= 0.3 is 0 Å². The van der Waals surface area contributed by atoms with Crippen molar-refractivity contribution in [3.05, 3.63) is 21.9 Å². The molecular weight excluding hydrogens is 196 g/mol. The molecule has 2 heterocycles. The van der Waals surface area contributed by atoms with Crippen LogP contribution in [-0.2, 0) is 16.0 Å². The quantitative estimate of drug-likeness (QED) is 0.748. The highest BCUT2D eigenvalue weighted by Crippen LogP contribution is 2.20. The van der Waals surface area contributed by atoms with E-state index in [2.05, 4.69) is 18.4 Å². The SMILES string of the molecule is Cc1cc(CC2COCCC2=O)cs1. The van der Waals surface area contributed by atoms with Gasteiger partial charge < -0.3 is 4.74 Å². The van der Waals surface area contributed by atoms with Crippen LogP contribution in [0.5, 0.6) is 0 Å². The van der Waals surface area contributed by atoms with Crippen molar-refractivity contribution in [1.82, 2.24) is 0 Å². The summed E-state index contributed by atoms with van der Waals surface area (Å²) in [7, 11) is 0. The van der Waals surface area contributed by atoms with E-state index in [4.69, 9.17) is 4.74 Å². The maximum Gasteiger partial charge on any atom is 0.140 e. The Morgan fingerprint density at radius 2 is 2.50 bits per heavy atom. The van der Waals surface area contributed by atoms with E-state index in [9.17, 15) is 4.79 Å². The summed E-state index contributed by atoms with van der Waals surface area (Å²) in [5.41, 5.74) is 1.27. The van der Waals surface area contributed by atoms with Gasteiger partial charge in [0, 0.05) is 17.2 Å². The first kappa shape index (κ1) is 9.87. The summed E-state index contributed by atoms with van der Waals surface area (Å²) in [6, 6.07) is 2.16. The Balaban J connectivity index is 1.99.